The van der Waals surface area contributed by atoms with E-state index in [0.29, 0.717) is 39.8 Å². The van der Waals surface area contributed by atoms with Crippen molar-refractivity contribution in [2.45, 2.75) is 12.5 Å². The number of imide groups is 1. The van der Waals surface area contributed by atoms with Gasteiger partial charge in [0.05, 0.1) is 23.3 Å². The predicted octanol–water partition coefficient (Wildman–Crippen LogP) is 3.71. The standard InChI is InChI=1S/C20H19ClN2O4S/c1-27-17-8-7-12(11-15(17)21)22-18(24)16(9-10-28-2)23-19(25)13-5-3-4-6-14(13)20(23)26/h3-8,11,16H,9-10H2,1-2H3,(H,22,24)/t16-/m1/s1. The number of nitrogens with zero attached hydrogens (tertiary/aromatic N) is 1. The molecule has 2 aromatic carbocycles. The highest BCUT2D eigenvalue weighted by molar-refractivity contribution is 7.98. The number of thioether (sulfide) groups is 1. The SMILES string of the molecule is COc1ccc(NC(=O)[C@@H](CCSC)N2C(=O)c3ccccc3C2=O)cc1Cl. The van der Waals surface area contributed by atoms with Crippen LogP contribution in [0.1, 0.15) is 27.1 Å². The lowest BCUT2D eigenvalue weighted by Gasteiger charge is -2.25. The zero-order chi connectivity index (χ0) is 20.3. The topological polar surface area (TPSA) is 75.7 Å². The number of hydrogen-bond acceptors (Lipinski definition) is 5. The number of carbonyl (C=O) groups excluding carboxylic acids is 3. The summed E-state index contributed by atoms with van der Waals surface area (Å²) in [7, 11) is 1.50. The fourth-order valence-corrected chi connectivity index (χ4v) is 3.78. The third kappa shape index (κ3) is 3.86. The molecule has 0 fully saturated rings. The molecule has 0 radical (unpaired) electrons. The summed E-state index contributed by atoms with van der Waals surface area (Å²) in [5, 5.41) is 3.10. The maximum absolute atomic E-state index is 13.0. The number of benzene rings is 2. The minimum atomic E-state index is -0.916. The molecule has 0 bridgehead atoms. The van der Waals surface area contributed by atoms with E-state index in [9.17, 15) is 14.4 Å². The van der Waals surface area contributed by atoms with Crippen LogP contribution < -0.4 is 10.1 Å². The van der Waals surface area contributed by atoms with Crippen molar-refractivity contribution in [3.63, 3.8) is 0 Å². The predicted molar refractivity (Wildman–Crippen MR) is 110 cm³/mol. The largest absolute Gasteiger partial charge is 0.495 e. The zero-order valence-corrected chi connectivity index (χ0v) is 17.0. The van der Waals surface area contributed by atoms with Crippen LogP contribution in [0.2, 0.25) is 5.02 Å². The van der Waals surface area contributed by atoms with E-state index in [2.05, 4.69) is 5.32 Å². The second kappa shape index (κ2) is 8.67. The second-order valence-electron chi connectivity index (χ2n) is 6.16. The van der Waals surface area contributed by atoms with E-state index < -0.39 is 23.8 Å². The van der Waals surface area contributed by atoms with Crippen LogP contribution in [0.25, 0.3) is 0 Å². The van der Waals surface area contributed by atoms with E-state index in [1.807, 2.05) is 6.26 Å². The number of methoxy groups -OCH3 is 1. The Balaban J connectivity index is 1.86. The van der Waals surface area contributed by atoms with Crippen LogP contribution >= 0.6 is 23.4 Å². The minimum Gasteiger partial charge on any atom is -0.495 e. The maximum Gasteiger partial charge on any atom is 0.262 e. The maximum atomic E-state index is 13.0. The van der Waals surface area contributed by atoms with Crippen molar-refractivity contribution < 1.29 is 19.1 Å². The molecule has 0 aromatic heterocycles. The average Bonchev–Trinajstić information content (AvgIpc) is 2.94. The Hall–Kier alpha value is -2.51. The summed E-state index contributed by atoms with van der Waals surface area (Å²) >= 11 is 7.65. The van der Waals surface area contributed by atoms with E-state index >= 15 is 0 Å². The number of hydrogen-bond donors (Lipinski definition) is 1. The van der Waals surface area contributed by atoms with E-state index in [4.69, 9.17) is 16.3 Å². The fraction of sp³-hybridized carbons (Fsp3) is 0.250. The van der Waals surface area contributed by atoms with Gasteiger partial charge in [-0.05, 0) is 48.8 Å². The summed E-state index contributed by atoms with van der Waals surface area (Å²) < 4.78 is 5.11. The van der Waals surface area contributed by atoms with Gasteiger partial charge in [-0.25, -0.2) is 0 Å². The van der Waals surface area contributed by atoms with E-state index in [1.165, 1.54) is 18.9 Å². The Bertz CT molecular complexity index is 899. The highest BCUT2D eigenvalue weighted by Crippen LogP contribution is 2.29. The summed E-state index contributed by atoms with van der Waals surface area (Å²) in [6.07, 6.45) is 2.25. The van der Waals surface area contributed by atoms with Crippen molar-refractivity contribution in [2.75, 3.05) is 24.4 Å². The Morgan fingerprint density at radius 1 is 1.18 bits per heavy atom. The molecule has 1 atom stereocenters. The summed E-state index contributed by atoms with van der Waals surface area (Å²) in [5.74, 6) is -0.234. The lowest BCUT2D eigenvalue weighted by Crippen LogP contribution is -2.47. The summed E-state index contributed by atoms with van der Waals surface area (Å²) in [6.45, 7) is 0. The molecule has 1 heterocycles. The number of nitrogens with one attached hydrogen (secondary N) is 1. The van der Waals surface area contributed by atoms with Gasteiger partial charge in [0.25, 0.3) is 11.8 Å². The van der Waals surface area contributed by atoms with Crippen molar-refractivity contribution in [1.82, 2.24) is 4.90 Å². The van der Waals surface area contributed by atoms with Gasteiger partial charge in [0.2, 0.25) is 5.91 Å². The van der Waals surface area contributed by atoms with E-state index in [1.54, 1.807) is 42.5 Å². The molecule has 28 heavy (non-hydrogen) atoms. The molecule has 0 spiro atoms. The first-order valence-electron chi connectivity index (χ1n) is 8.58. The normalized spacial score (nSPS) is 14.0. The Morgan fingerprint density at radius 3 is 2.36 bits per heavy atom. The van der Waals surface area contributed by atoms with Crippen molar-refractivity contribution in [3.8, 4) is 5.75 Å². The molecule has 1 aliphatic heterocycles. The van der Waals surface area contributed by atoms with Crippen LogP contribution in [0.5, 0.6) is 5.75 Å². The molecule has 146 valence electrons. The molecule has 0 aliphatic carbocycles. The Labute approximate surface area is 172 Å². The van der Waals surface area contributed by atoms with Crippen LogP contribution in [0, 0.1) is 0 Å². The molecule has 1 aliphatic rings. The van der Waals surface area contributed by atoms with Crippen molar-refractivity contribution in [3.05, 3.63) is 58.6 Å². The Kier molecular flexibility index (Phi) is 6.26. The average molecular weight is 419 g/mol. The molecule has 2 aromatic rings. The van der Waals surface area contributed by atoms with Gasteiger partial charge in [0, 0.05) is 5.69 Å². The molecular formula is C20H19ClN2O4S. The minimum absolute atomic E-state index is 0.321. The molecule has 8 heteroatoms. The third-order valence-electron chi connectivity index (χ3n) is 4.45. The number of ether oxygens (including phenoxy) is 1. The van der Waals surface area contributed by atoms with Crippen LogP contribution in [-0.2, 0) is 4.79 Å². The van der Waals surface area contributed by atoms with Crippen molar-refractivity contribution >= 4 is 46.8 Å². The first-order chi connectivity index (χ1) is 13.5. The van der Waals surface area contributed by atoms with Crippen LogP contribution in [0.15, 0.2) is 42.5 Å². The van der Waals surface area contributed by atoms with Gasteiger partial charge in [-0.1, -0.05) is 23.7 Å². The Morgan fingerprint density at radius 2 is 1.82 bits per heavy atom. The smallest absolute Gasteiger partial charge is 0.262 e. The van der Waals surface area contributed by atoms with Crippen molar-refractivity contribution in [2.24, 2.45) is 0 Å². The number of amides is 3. The summed E-state index contributed by atoms with van der Waals surface area (Å²) in [6, 6.07) is 10.5. The number of fused-ring (bicyclic) bond motifs is 1. The van der Waals surface area contributed by atoms with Gasteiger partial charge in [-0.2, -0.15) is 11.8 Å². The molecule has 1 N–H and O–H groups in total. The van der Waals surface area contributed by atoms with E-state index in [-0.39, 0.29) is 0 Å². The summed E-state index contributed by atoms with van der Waals surface area (Å²) in [5.41, 5.74) is 1.10. The lowest BCUT2D eigenvalue weighted by atomic mass is 10.1. The van der Waals surface area contributed by atoms with Crippen molar-refractivity contribution in [1.29, 1.82) is 0 Å². The first kappa shape index (κ1) is 20.2. The third-order valence-corrected chi connectivity index (χ3v) is 5.39. The van der Waals surface area contributed by atoms with Gasteiger partial charge in [0.1, 0.15) is 11.8 Å². The van der Waals surface area contributed by atoms with Crippen LogP contribution in [-0.4, -0.2) is 47.8 Å². The number of halogens is 1. The number of anilines is 1. The molecule has 0 saturated heterocycles. The van der Waals surface area contributed by atoms with Crippen LogP contribution in [0.3, 0.4) is 0 Å². The lowest BCUT2D eigenvalue weighted by molar-refractivity contribution is -0.120. The van der Waals surface area contributed by atoms with Gasteiger partial charge in [-0.3, -0.25) is 19.3 Å². The highest BCUT2D eigenvalue weighted by atomic mass is 35.5. The van der Waals surface area contributed by atoms with Crippen LogP contribution in [0.4, 0.5) is 5.69 Å². The molecular weight excluding hydrogens is 400 g/mol. The van der Waals surface area contributed by atoms with Gasteiger partial charge in [-0.15, -0.1) is 0 Å². The quantitative estimate of drug-likeness (QED) is 0.694. The van der Waals surface area contributed by atoms with Gasteiger partial charge in [0.15, 0.2) is 0 Å². The zero-order valence-electron chi connectivity index (χ0n) is 15.4. The molecule has 3 amide bonds. The highest BCUT2D eigenvalue weighted by Gasteiger charge is 2.42. The number of carbonyl (C=O) groups is 3. The monoisotopic (exact) mass is 418 g/mol. The molecule has 6 nitrogen and oxygen atoms in total. The van der Waals surface area contributed by atoms with E-state index in [0.717, 1.165) is 4.90 Å². The summed E-state index contributed by atoms with van der Waals surface area (Å²) in [4.78, 5) is 39.6. The molecule has 0 saturated carbocycles. The van der Waals surface area contributed by atoms with Gasteiger partial charge >= 0.3 is 0 Å². The molecule has 3 rings (SSSR count). The second-order valence-corrected chi connectivity index (χ2v) is 7.55. The number of rotatable bonds is 7. The molecule has 0 unspecified atom stereocenters. The fourth-order valence-electron chi connectivity index (χ4n) is 3.07. The van der Waals surface area contributed by atoms with Gasteiger partial charge < -0.3 is 10.1 Å². The first-order valence-corrected chi connectivity index (χ1v) is 10.4.